The fourth-order valence-electron chi connectivity index (χ4n) is 2.38. The third kappa shape index (κ3) is 2.51. The number of hydrogen-bond acceptors (Lipinski definition) is 4. The van der Waals surface area contributed by atoms with Gasteiger partial charge in [-0.3, -0.25) is 4.79 Å². The van der Waals surface area contributed by atoms with E-state index in [0.29, 0.717) is 36.1 Å². The second-order valence-corrected chi connectivity index (χ2v) is 4.89. The lowest BCUT2D eigenvalue weighted by molar-refractivity contribution is 0.0780. The summed E-state index contributed by atoms with van der Waals surface area (Å²) in [5.74, 6) is 1.27. The fraction of sp³-hybridized carbons (Fsp3) is 0.500. The van der Waals surface area contributed by atoms with Crippen LogP contribution in [0.3, 0.4) is 0 Å². The highest BCUT2D eigenvalue weighted by Crippen LogP contribution is 2.31. The maximum Gasteiger partial charge on any atom is 0.261 e. The van der Waals surface area contributed by atoms with Crippen molar-refractivity contribution in [2.45, 2.75) is 13.0 Å². The minimum Gasteiger partial charge on any atom is -0.496 e. The Bertz CT molecular complexity index is 444. The average Bonchev–Trinajstić information content (AvgIpc) is 2.76. The second kappa shape index (κ2) is 5.48. The van der Waals surface area contributed by atoms with Crippen molar-refractivity contribution in [1.29, 1.82) is 0 Å². The van der Waals surface area contributed by atoms with Gasteiger partial charge in [0.25, 0.3) is 5.91 Å². The summed E-state index contributed by atoms with van der Waals surface area (Å²) >= 11 is 0. The van der Waals surface area contributed by atoms with Crippen LogP contribution >= 0.6 is 0 Å². The predicted octanol–water partition coefficient (Wildman–Crippen LogP) is 1.12. The predicted molar refractivity (Wildman–Crippen MR) is 72.6 cm³/mol. The molecule has 2 unspecified atom stereocenters. The van der Waals surface area contributed by atoms with Gasteiger partial charge in [0.1, 0.15) is 17.1 Å². The summed E-state index contributed by atoms with van der Waals surface area (Å²) in [4.78, 5) is 14.4. The van der Waals surface area contributed by atoms with Gasteiger partial charge in [-0.25, -0.2) is 0 Å². The van der Waals surface area contributed by atoms with E-state index < -0.39 is 0 Å². The monoisotopic (exact) mass is 264 g/mol. The molecule has 0 aliphatic carbocycles. The SMILES string of the molecule is COc1cccc(OC)c1C(=O)N1CC(C)C(N)C1. The highest BCUT2D eigenvalue weighted by atomic mass is 16.5. The van der Waals surface area contributed by atoms with Crippen molar-refractivity contribution < 1.29 is 14.3 Å². The molecule has 2 N–H and O–H groups in total. The van der Waals surface area contributed by atoms with Crippen LogP contribution in [0.5, 0.6) is 11.5 Å². The van der Waals surface area contributed by atoms with Gasteiger partial charge in [0.2, 0.25) is 0 Å². The average molecular weight is 264 g/mol. The molecule has 0 saturated carbocycles. The zero-order valence-electron chi connectivity index (χ0n) is 11.6. The topological polar surface area (TPSA) is 64.8 Å². The minimum atomic E-state index is -0.0888. The molecule has 0 radical (unpaired) electrons. The number of rotatable bonds is 3. The van der Waals surface area contributed by atoms with E-state index in [4.69, 9.17) is 15.2 Å². The van der Waals surface area contributed by atoms with Gasteiger partial charge < -0.3 is 20.1 Å². The van der Waals surface area contributed by atoms with Gasteiger partial charge in [-0.05, 0) is 18.1 Å². The molecule has 1 heterocycles. The molecule has 104 valence electrons. The van der Waals surface area contributed by atoms with Crippen LogP contribution < -0.4 is 15.2 Å². The summed E-state index contributed by atoms with van der Waals surface area (Å²) in [5, 5.41) is 0. The Hall–Kier alpha value is -1.75. The van der Waals surface area contributed by atoms with Crippen LogP contribution in [0.1, 0.15) is 17.3 Å². The number of nitrogens with zero attached hydrogens (tertiary/aromatic N) is 1. The molecule has 1 saturated heterocycles. The molecule has 1 aromatic rings. The zero-order chi connectivity index (χ0) is 14.0. The number of amides is 1. The maximum atomic E-state index is 12.6. The molecule has 1 aromatic carbocycles. The molecule has 0 spiro atoms. The van der Waals surface area contributed by atoms with E-state index in [9.17, 15) is 4.79 Å². The maximum absolute atomic E-state index is 12.6. The molecule has 1 amide bonds. The van der Waals surface area contributed by atoms with Crippen molar-refractivity contribution in [2.24, 2.45) is 11.7 Å². The summed E-state index contributed by atoms with van der Waals surface area (Å²) < 4.78 is 10.5. The van der Waals surface area contributed by atoms with Gasteiger partial charge in [-0.2, -0.15) is 0 Å². The van der Waals surface area contributed by atoms with E-state index in [-0.39, 0.29) is 11.9 Å². The molecule has 19 heavy (non-hydrogen) atoms. The summed E-state index contributed by atoms with van der Waals surface area (Å²) in [6.07, 6.45) is 0. The molecular formula is C14H20N2O3. The van der Waals surface area contributed by atoms with Crippen LogP contribution in [0.2, 0.25) is 0 Å². The lowest BCUT2D eigenvalue weighted by Crippen LogP contribution is -2.32. The second-order valence-electron chi connectivity index (χ2n) is 4.89. The molecule has 0 bridgehead atoms. The van der Waals surface area contributed by atoms with Crippen LogP contribution in [0.15, 0.2) is 18.2 Å². The summed E-state index contributed by atoms with van der Waals surface area (Å²) in [7, 11) is 3.09. The number of likely N-dealkylation sites (tertiary alicyclic amines) is 1. The van der Waals surface area contributed by atoms with Crippen molar-refractivity contribution in [3.63, 3.8) is 0 Å². The molecular weight excluding hydrogens is 244 g/mol. The highest BCUT2D eigenvalue weighted by molar-refractivity contribution is 6.00. The molecule has 5 heteroatoms. The van der Waals surface area contributed by atoms with Crippen LogP contribution in [0, 0.1) is 5.92 Å². The molecule has 2 rings (SSSR count). The standard InChI is InChI=1S/C14H20N2O3/c1-9-7-16(8-10(9)15)14(17)13-11(18-2)5-4-6-12(13)19-3/h4-6,9-10H,7-8,15H2,1-3H3. The number of nitrogens with two attached hydrogens (primary N) is 1. The quantitative estimate of drug-likeness (QED) is 0.888. The summed E-state index contributed by atoms with van der Waals surface area (Å²) in [5.41, 5.74) is 6.44. The number of carbonyl (C=O) groups excluding carboxylic acids is 1. The van der Waals surface area contributed by atoms with Crippen molar-refractivity contribution in [3.05, 3.63) is 23.8 Å². The number of benzene rings is 1. The van der Waals surface area contributed by atoms with Crippen LogP contribution in [0.4, 0.5) is 0 Å². The Balaban J connectivity index is 2.33. The van der Waals surface area contributed by atoms with E-state index in [1.54, 1.807) is 37.3 Å². The summed E-state index contributed by atoms with van der Waals surface area (Å²) in [6.45, 7) is 3.29. The lowest BCUT2D eigenvalue weighted by atomic mass is 10.1. The minimum absolute atomic E-state index is 0.0321. The van der Waals surface area contributed by atoms with Gasteiger partial charge in [0.05, 0.1) is 14.2 Å². The van der Waals surface area contributed by atoms with Crippen LogP contribution in [0.25, 0.3) is 0 Å². The summed E-state index contributed by atoms with van der Waals surface area (Å²) in [6, 6.07) is 5.35. The Kier molecular flexibility index (Phi) is 3.95. The zero-order valence-corrected chi connectivity index (χ0v) is 11.6. The van der Waals surface area contributed by atoms with Crippen LogP contribution in [-0.2, 0) is 0 Å². The molecule has 2 atom stereocenters. The molecule has 5 nitrogen and oxygen atoms in total. The smallest absolute Gasteiger partial charge is 0.261 e. The molecule has 1 aliphatic heterocycles. The first-order chi connectivity index (χ1) is 9.08. The van der Waals surface area contributed by atoms with Crippen molar-refractivity contribution in [3.8, 4) is 11.5 Å². The van der Waals surface area contributed by atoms with E-state index >= 15 is 0 Å². The normalized spacial score (nSPS) is 22.4. The Morgan fingerprint density at radius 1 is 1.26 bits per heavy atom. The van der Waals surface area contributed by atoms with E-state index in [2.05, 4.69) is 6.92 Å². The van der Waals surface area contributed by atoms with Crippen molar-refractivity contribution in [2.75, 3.05) is 27.3 Å². The molecule has 1 aliphatic rings. The van der Waals surface area contributed by atoms with E-state index in [0.717, 1.165) is 0 Å². The largest absolute Gasteiger partial charge is 0.496 e. The van der Waals surface area contributed by atoms with Gasteiger partial charge in [0.15, 0.2) is 0 Å². The van der Waals surface area contributed by atoms with Gasteiger partial charge in [0, 0.05) is 19.1 Å². The van der Waals surface area contributed by atoms with Crippen molar-refractivity contribution in [1.82, 2.24) is 4.90 Å². The van der Waals surface area contributed by atoms with Gasteiger partial charge in [-0.15, -0.1) is 0 Å². The third-order valence-electron chi connectivity index (χ3n) is 3.60. The van der Waals surface area contributed by atoms with E-state index in [1.807, 2.05) is 0 Å². The first-order valence-corrected chi connectivity index (χ1v) is 6.34. The van der Waals surface area contributed by atoms with Crippen molar-refractivity contribution >= 4 is 5.91 Å². The third-order valence-corrected chi connectivity index (χ3v) is 3.60. The fourth-order valence-corrected chi connectivity index (χ4v) is 2.38. The molecule has 1 fully saturated rings. The number of hydrogen-bond donors (Lipinski definition) is 1. The van der Waals surface area contributed by atoms with Crippen LogP contribution in [-0.4, -0.2) is 44.2 Å². The Labute approximate surface area is 113 Å². The number of carbonyl (C=O) groups is 1. The Morgan fingerprint density at radius 3 is 2.26 bits per heavy atom. The highest BCUT2D eigenvalue weighted by Gasteiger charge is 2.32. The van der Waals surface area contributed by atoms with E-state index in [1.165, 1.54) is 0 Å². The van der Waals surface area contributed by atoms with Gasteiger partial charge >= 0.3 is 0 Å². The lowest BCUT2D eigenvalue weighted by Gasteiger charge is -2.19. The molecule has 0 aromatic heterocycles. The number of methoxy groups -OCH3 is 2. The van der Waals surface area contributed by atoms with Gasteiger partial charge in [-0.1, -0.05) is 13.0 Å². The number of ether oxygens (including phenoxy) is 2. The first kappa shape index (κ1) is 13.7. The first-order valence-electron chi connectivity index (χ1n) is 6.34. The Morgan fingerprint density at radius 2 is 1.84 bits per heavy atom.